The first kappa shape index (κ1) is 14.9. The van der Waals surface area contributed by atoms with E-state index >= 15 is 0 Å². The van der Waals surface area contributed by atoms with E-state index in [2.05, 4.69) is 79.7 Å². The quantitative estimate of drug-likeness (QED) is 0.443. The van der Waals surface area contributed by atoms with Gasteiger partial charge in [-0.1, -0.05) is 72.8 Å². The highest BCUT2D eigenvalue weighted by Crippen LogP contribution is 2.39. The van der Waals surface area contributed by atoms with Crippen molar-refractivity contribution in [1.82, 2.24) is 0 Å². The second kappa shape index (κ2) is 6.10. The Morgan fingerprint density at radius 2 is 1.25 bits per heavy atom. The minimum absolute atomic E-state index is 0.614. The number of benzene rings is 4. The second-order valence-corrected chi connectivity index (χ2v) is 6.23. The highest BCUT2D eigenvalue weighted by Gasteiger charge is 2.14. The molecule has 0 fully saturated rings. The summed E-state index contributed by atoms with van der Waals surface area (Å²) in [5, 5.41) is 5.12. The zero-order chi connectivity index (χ0) is 16.5. The van der Waals surface area contributed by atoms with Gasteiger partial charge in [0.25, 0.3) is 0 Å². The lowest BCUT2D eigenvalue weighted by Crippen LogP contribution is -1.96. The van der Waals surface area contributed by atoms with Crippen molar-refractivity contribution < 1.29 is 4.74 Å². The standard InChI is InChI=1S/C23H20O/c1-16-11-12-17-7-3-5-9-20(17)22(16)23-19(15-24-2)14-13-18-8-4-6-10-21(18)23/h3-14H,15H2,1-2H3. The van der Waals surface area contributed by atoms with Crippen LogP contribution in [-0.2, 0) is 11.3 Å². The van der Waals surface area contributed by atoms with Crippen molar-refractivity contribution >= 4 is 21.5 Å². The maximum Gasteiger partial charge on any atom is 0.0719 e. The predicted molar refractivity (Wildman–Crippen MR) is 102 cm³/mol. The molecule has 118 valence electrons. The Balaban J connectivity index is 2.17. The van der Waals surface area contributed by atoms with Gasteiger partial charge in [-0.05, 0) is 50.7 Å². The first-order chi connectivity index (χ1) is 11.8. The van der Waals surface area contributed by atoms with E-state index < -0.39 is 0 Å². The Morgan fingerprint density at radius 3 is 1.92 bits per heavy atom. The summed E-state index contributed by atoms with van der Waals surface area (Å²) in [6, 6.07) is 26.0. The molecule has 4 aromatic rings. The normalized spacial score (nSPS) is 11.2. The number of hydrogen-bond donors (Lipinski definition) is 0. The van der Waals surface area contributed by atoms with Crippen LogP contribution in [0, 0.1) is 6.92 Å². The number of fused-ring (bicyclic) bond motifs is 2. The van der Waals surface area contributed by atoms with Crippen molar-refractivity contribution in [3.8, 4) is 11.1 Å². The molecule has 0 heterocycles. The molecule has 0 spiro atoms. The molecule has 0 aliphatic rings. The second-order valence-electron chi connectivity index (χ2n) is 6.23. The Morgan fingerprint density at radius 1 is 0.667 bits per heavy atom. The van der Waals surface area contributed by atoms with Gasteiger partial charge in [0.1, 0.15) is 0 Å². The first-order valence-electron chi connectivity index (χ1n) is 8.28. The van der Waals surface area contributed by atoms with E-state index in [0.717, 1.165) is 0 Å². The number of ether oxygens (including phenoxy) is 1. The Labute approximate surface area is 142 Å². The lowest BCUT2D eigenvalue weighted by atomic mass is 9.88. The average molecular weight is 312 g/mol. The summed E-state index contributed by atoms with van der Waals surface area (Å²) in [5.74, 6) is 0. The minimum atomic E-state index is 0.614. The highest BCUT2D eigenvalue weighted by molar-refractivity contribution is 6.07. The van der Waals surface area contributed by atoms with E-state index in [0.29, 0.717) is 6.61 Å². The molecule has 0 atom stereocenters. The molecule has 0 unspecified atom stereocenters. The SMILES string of the molecule is COCc1ccc2ccccc2c1-c1c(C)ccc2ccccc12. The fourth-order valence-electron chi connectivity index (χ4n) is 3.60. The number of methoxy groups -OCH3 is 1. The van der Waals surface area contributed by atoms with Crippen LogP contribution in [0.2, 0.25) is 0 Å². The van der Waals surface area contributed by atoms with E-state index in [-0.39, 0.29) is 0 Å². The van der Waals surface area contributed by atoms with Crippen LogP contribution >= 0.6 is 0 Å². The summed E-state index contributed by atoms with van der Waals surface area (Å²) in [4.78, 5) is 0. The van der Waals surface area contributed by atoms with Crippen molar-refractivity contribution in [2.45, 2.75) is 13.5 Å². The van der Waals surface area contributed by atoms with Crippen molar-refractivity contribution in [2.75, 3.05) is 7.11 Å². The van der Waals surface area contributed by atoms with Crippen molar-refractivity contribution in [1.29, 1.82) is 0 Å². The molecule has 0 aromatic heterocycles. The molecule has 24 heavy (non-hydrogen) atoms. The fourth-order valence-corrected chi connectivity index (χ4v) is 3.60. The third kappa shape index (κ3) is 2.38. The van der Waals surface area contributed by atoms with E-state index in [4.69, 9.17) is 4.74 Å². The largest absolute Gasteiger partial charge is 0.380 e. The summed E-state index contributed by atoms with van der Waals surface area (Å²) in [6.07, 6.45) is 0. The number of aryl methyl sites for hydroxylation is 1. The lowest BCUT2D eigenvalue weighted by molar-refractivity contribution is 0.185. The predicted octanol–water partition coefficient (Wildman–Crippen LogP) is 6.11. The van der Waals surface area contributed by atoms with Gasteiger partial charge in [0.15, 0.2) is 0 Å². The zero-order valence-corrected chi connectivity index (χ0v) is 14.0. The van der Waals surface area contributed by atoms with Crippen LogP contribution in [0.3, 0.4) is 0 Å². The average Bonchev–Trinajstić information content (AvgIpc) is 2.62. The monoisotopic (exact) mass is 312 g/mol. The van der Waals surface area contributed by atoms with Gasteiger partial charge in [0.2, 0.25) is 0 Å². The Hall–Kier alpha value is -2.64. The molecule has 0 aliphatic carbocycles. The molecular weight excluding hydrogens is 292 g/mol. The molecule has 0 aliphatic heterocycles. The van der Waals surface area contributed by atoms with Crippen molar-refractivity contribution in [2.24, 2.45) is 0 Å². The third-order valence-corrected chi connectivity index (χ3v) is 4.70. The summed E-state index contributed by atoms with van der Waals surface area (Å²) in [5.41, 5.74) is 5.14. The molecule has 0 N–H and O–H groups in total. The van der Waals surface area contributed by atoms with Gasteiger partial charge >= 0.3 is 0 Å². The van der Waals surface area contributed by atoms with Crippen molar-refractivity contribution in [3.05, 3.63) is 83.9 Å². The molecular formula is C23H20O. The maximum absolute atomic E-state index is 5.49. The van der Waals surface area contributed by atoms with E-state index in [1.807, 2.05) is 0 Å². The molecule has 0 saturated carbocycles. The lowest BCUT2D eigenvalue weighted by Gasteiger charge is -2.17. The number of rotatable bonds is 3. The fraction of sp³-hybridized carbons (Fsp3) is 0.130. The summed E-state index contributed by atoms with van der Waals surface area (Å²) >= 11 is 0. The molecule has 4 aromatic carbocycles. The molecule has 1 heteroatoms. The van der Waals surface area contributed by atoms with Crippen LogP contribution in [0.15, 0.2) is 72.8 Å². The van der Waals surface area contributed by atoms with Crippen LogP contribution in [0.4, 0.5) is 0 Å². The van der Waals surface area contributed by atoms with Crippen LogP contribution in [0.1, 0.15) is 11.1 Å². The Kier molecular flexibility index (Phi) is 3.79. The maximum atomic E-state index is 5.49. The van der Waals surface area contributed by atoms with Crippen molar-refractivity contribution in [3.63, 3.8) is 0 Å². The van der Waals surface area contributed by atoms with E-state index in [9.17, 15) is 0 Å². The summed E-state index contributed by atoms with van der Waals surface area (Å²) in [7, 11) is 1.76. The van der Waals surface area contributed by atoms with Gasteiger partial charge in [-0.2, -0.15) is 0 Å². The highest BCUT2D eigenvalue weighted by atomic mass is 16.5. The molecule has 0 radical (unpaired) electrons. The third-order valence-electron chi connectivity index (χ3n) is 4.70. The van der Waals surface area contributed by atoms with Crippen LogP contribution in [-0.4, -0.2) is 7.11 Å². The molecule has 0 amide bonds. The first-order valence-corrected chi connectivity index (χ1v) is 8.28. The molecule has 0 saturated heterocycles. The van der Waals surface area contributed by atoms with Gasteiger partial charge in [0, 0.05) is 7.11 Å². The minimum Gasteiger partial charge on any atom is -0.380 e. The van der Waals surface area contributed by atoms with Gasteiger partial charge in [-0.3, -0.25) is 0 Å². The van der Waals surface area contributed by atoms with Crippen LogP contribution in [0.25, 0.3) is 32.7 Å². The summed E-state index contributed by atoms with van der Waals surface area (Å²) < 4.78 is 5.49. The number of hydrogen-bond acceptors (Lipinski definition) is 1. The molecule has 4 rings (SSSR count). The van der Waals surface area contributed by atoms with Gasteiger partial charge in [-0.15, -0.1) is 0 Å². The topological polar surface area (TPSA) is 9.23 Å². The zero-order valence-electron chi connectivity index (χ0n) is 14.0. The van der Waals surface area contributed by atoms with Crippen LogP contribution < -0.4 is 0 Å². The van der Waals surface area contributed by atoms with Crippen LogP contribution in [0.5, 0.6) is 0 Å². The van der Waals surface area contributed by atoms with Gasteiger partial charge < -0.3 is 4.74 Å². The van der Waals surface area contributed by atoms with E-state index in [1.54, 1.807) is 7.11 Å². The van der Waals surface area contributed by atoms with Gasteiger partial charge in [-0.25, -0.2) is 0 Å². The molecule has 1 nitrogen and oxygen atoms in total. The Bertz CT molecular complexity index is 1030. The molecule has 0 bridgehead atoms. The summed E-state index contributed by atoms with van der Waals surface area (Å²) in [6.45, 7) is 2.81. The van der Waals surface area contributed by atoms with E-state index in [1.165, 1.54) is 43.8 Å². The smallest absolute Gasteiger partial charge is 0.0719 e. The van der Waals surface area contributed by atoms with Gasteiger partial charge in [0.05, 0.1) is 6.61 Å².